The van der Waals surface area contributed by atoms with Crippen molar-refractivity contribution in [2.45, 2.75) is 13.3 Å². The molecule has 0 atom stereocenters. The molecule has 34 heavy (non-hydrogen) atoms. The van der Waals surface area contributed by atoms with E-state index in [-0.39, 0.29) is 0 Å². The van der Waals surface area contributed by atoms with Crippen LogP contribution in [0.1, 0.15) is 12.5 Å². The van der Waals surface area contributed by atoms with Crippen LogP contribution in [0.5, 0.6) is 0 Å². The predicted molar refractivity (Wildman–Crippen MR) is 145 cm³/mol. The molecule has 2 nitrogen and oxygen atoms in total. The number of aryl methyl sites for hydroxylation is 1. The van der Waals surface area contributed by atoms with Gasteiger partial charge in [0.25, 0.3) is 0 Å². The Morgan fingerprint density at radius 3 is 2.03 bits per heavy atom. The second-order valence-corrected chi connectivity index (χ2v) is 9.04. The van der Waals surface area contributed by atoms with Crippen molar-refractivity contribution >= 4 is 43.6 Å². The summed E-state index contributed by atoms with van der Waals surface area (Å²) in [7, 11) is 0. The molecule has 2 heteroatoms. The van der Waals surface area contributed by atoms with E-state index in [1.54, 1.807) is 0 Å². The maximum absolute atomic E-state index is 3.54. The first-order valence-electron chi connectivity index (χ1n) is 11.9. The maximum Gasteiger partial charge on any atom is 0.0541 e. The van der Waals surface area contributed by atoms with Crippen molar-refractivity contribution in [3.05, 3.63) is 115 Å². The number of nitrogens with one attached hydrogen (secondary N) is 1. The Bertz CT molecular complexity index is 1830. The Morgan fingerprint density at radius 1 is 0.559 bits per heavy atom. The van der Waals surface area contributed by atoms with Gasteiger partial charge in [0.15, 0.2) is 0 Å². The minimum Gasteiger partial charge on any atom is -0.355 e. The summed E-state index contributed by atoms with van der Waals surface area (Å²) in [4.78, 5) is 3.54. The zero-order valence-electron chi connectivity index (χ0n) is 19.0. The summed E-state index contributed by atoms with van der Waals surface area (Å²) in [5.41, 5.74) is 9.90. The van der Waals surface area contributed by atoms with Gasteiger partial charge in [0.1, 0.15) is 0 Å². The Morgan fingerprint density at radius 2 is 1.21 bits per heavy atom. The fourth-order valence-electron chi connectivity index (χ4n) is 5.35. The van der Waals surface area contributed by atoms with Gasteiger partial charge in [-0.1, -0.05) is 61.5 Å². The van der Waals surface area contributed by atoms with Crippen molar-refractivity contribution in [3.8, 4) is 16.8 Å². The van der Waals surface area contributed by atoms with Gasteiger partial charge in [0, 0.05) is 38.3 Å². The minimum absolute atomic E-state index is 1.03. The number of hydrogen-bond donors (Lipinski definition) is 1. The van der Waals surface area contributed by atoms with Gasteiger partial charge < -0.3 is 9.55 Å². The number of aromatic amines is 1. The molecule has 7 rings (SSSR count). The summed E-state index contributed by atoms with van der Waals surface area (Å²) in [6.45, 7) is 2.22. The lowest BCUT2D eigenvalue weighted by molar-refractivity contribution is 1.14. The zero-order chi connectivity index (χ0) is 22.6. The van der Waals surface area contributed by atoms with E-state index in [4.69, 9.17) is 0 Å². The second kappa shape index (κ2) is 7.36. The molecule has 162 valence electrons. The van der Waals surface area contributed by atoms with Gasteiger partial charge in [-0.05, 0) is 77.7 Å². The maximum atomic E-state index is 3.54. The van der Waals surface area contributed by atoms with Crippen LogP contribution in [0.25, 0.3) is 60.4 Å². The van der Waals surface area contributed by atoms with E-state index in [9.17, 15) is 0 Å². The van der Waals surface area contributed by atoms with Crippen LogP contribution in [0.3, 0.4) is 0 Å². The third kappa shape index (κ3) is 2.82. The number of benzene rings is 5. The molecule has 0 amide bonds. The first kappa shape index (κ1) is 19.2. The standard InChI is InChI=1S/C32H24N2/c1-2-21-12-16-31-27(18-21)28-20-23(14-17-32(28)34(31)24-8-4-3-5-9-24)22-13-15-30-26(19-22)25-10-6-7-11-29(25)33-30/h3-20,33H,2H2,1H3. The highest BCUT2D eigenvalue weighted by Crippen LogP contribution is 2.36. The average Bonchev–Trinajstić information content (AvgIpc) is 3.43. The van der Waals surface area contributed by atoms with Crippen LogP contribution in [0.15, 0.2) is 109 Å². The molecular formula is C32H24N2. The van der Waals surface area contributed by atoms with Gasteiger partial charge >= 0.3 is 0 Å². The number of aromatic nitrogens is 2. The van der Waals surface area contributed by atoms with Crippen LogP contribution in [0.4, 0.5) is 0 Å². The van der Waals surface area contributed by atoms with Crippen molar-refractivity contribution in [1.82, 2.24) is 9.55 Å². The van der Waals surface area contributed by atoms with E-state index in [1.165, 1.54) is 66.0 Å². The number of rotatable bonds is 3. The van der Waals surface area contributed by atoms with E-state index in [0.29, 0.717) is 0 Å². The molecular weight excluding hydrogens is 412 g/mol. The number of para-hydroxylation sites is 2. The van der Waals surface area contributed by atoms with E-state index >= 15 is 0 Å². The molecule has 0 aliphatic rings. The number of H-pyrrole nitrogens is 1. The highest BCUT2D eigenvalue weighted by molar-refractivity contribution is 6.12. The van der Waals surface area contributed by atoms with Gasteiger partial charge in [-0.15, -0.1) is 0 Å². The predicted octanol–water partition coefficient (Wildman–Crippen LogP) is 8.65. The molecule has 7 aromatic rings. The van der Waals surface area contributed by atoms with Gasteiger partial charge in [-0.3, -0.25) is 0 Å². The Kier molecular flexibility index (Phi) is 4.16. The molecule has 0 spiro atoms. The van der Waals surface area contributed by atoms with Crippen LogP contribution in [-0.4, -0.2) is 9.55 Å². The molecule has 0 unspecified atom stereocenters. The molecule has 5 aromatic carbocycles. The summed E-state index contributed by atoms with van der Waals surface area (Å²) in [5, 5.41) is 5.15. The fourth-order valence-corrected chi connectivity index (χ4v) is 5.35. The molecule has 1 N–H and O–H groups in total. The summed E-state index contributed by atoms with van der Waals surface area (Å²) in [6.07, 6.45) is 1.03. The number of fused-ring (bicyclic) bond motifs is 6. The first-order valence-corrected chi connectivity index (χ1v) is 11.9. The molecule has 2 heterocycles. The Hall–Kier alpha value is -4.30. The molecule has 0 bridgehead atoms. The Labute approximate surface area is 198 Å². The molecule has 0 radical (unpaired) electrons. The Balaban J connectivity index is 1.49. The van der Waals surface area contributed by atoms with Crippen LogP contribution in [-0.2, 0) is 6.42 Å². The van der Waals surface area contributed by atoms with Crippen molar-refractivity contribution in [3.63, 3.8) is 0 Å². The van der Waals surface area contributed by atoms with Gasteiger partial charge in [0.05, 0.1) is 11.0 Å². The lowest BCUT2D eigenvalue weighted by Crippen LogP contribution is -1.93. The summed E-state index contributed by atoms with van der Waals surface area (Å²) < 4.78 is 2.39. The third-order valence-corrected chi connectivity index (χ3v) is 7.09. The monoisotopic (exact) mass is 436 g/mol. The fraction of sp³-hybridized carbons (Fsp3) is 0.0625. The minimum atomic E-state index is 1.03. The van der Waals surface area contributed by atoms with E-state index < -0.39 is 0 Å². The van der Waals surface area contributed by atoms with Crippen LogP contribution in [0.2, 0.25) is 0 Å². The van der Waals surface area contributed by atoms with Crippen molar-refractivity contribution in [2.75, 3.05) is 0 Å². The summed E-state index contributed by atoms with van der Waals surface area (Å²) in [5.74, 6) is 0. The topological polar surface area (TPSA) is 20.7 Å². The van der Waals surface area contributed by atoms with Gasteiger partial charge in [0.2, 0.25) is 0 Å². The van der Waals surface area contributed by atoms with Crippen LogP contribution < -0.4 is 0 Å². The van der Waals surface area contributed by atoms with Crippen molar-refractivity contribution < 1.29 is 0 Å². The van der Waals surface area contributed by atoms with Crippen LogP contribution >= 0.6 is 0 Å². The van der Waals surface area contributed by atoms with Gasteiger partial charge in [-0.2, -0.15) is 0 Å². The number of nitrogens with zero attached hydrogens (tertiary/aromatic N) is 1. The smallest absolute Gasteiger partial charge is 0.0541 e. The highest BCUT2D eigenvalue weighted by Gasteiger charge is 2.14. The normalized spacial score (nSPS) is 11.8. The largest absolute Gasteiger partial charge is 0.355 e. The molecule has 0 aliphatic carbocycles. The van der Waals surface area contributed by atoms with E-state index in [1.807, 2.05) is 0 Å². The second-order valence-electron chi connectivity index (χ2n) is 9.04. The van der Waals surface area contributed by atoms with E-state index in [2.05, 4.69) is 126 Å². The SMILES string of the molecule is CCc1ccc2c(c1)c1cc(-c3ccc4[nH]c5ccccc5c4c3)ccc1n2-c1ccccc1. The first-order chi connectivity index (χ1) is 16.8. The van der Waals surface area contributed by atoms with Crippen molar-refractivity contribution in [2.24, 2.45) is 0 Å². The molecule has 0 fully saturated rings. The summed E-state index contributed by atoms with van der Waals surface area (Å²) in [6, 6.07) is 39.8. The zero-order valence-corrected chi connectivity index (χ0v) is 19.0. The molecule has 0 aliphatic heterocycles. The molecule has 2 aromatic heterocycles. The molecule has 0 saturated heterocycles. The lowest BCUT2D eigenvalue weighted by atomic mass is 10.00. The highest BCUT2D eigenvalue weighted by atomic mass is 15.0. The third-order valence-electron chi connectivity index (χ3n) is 7.09. The average molecular weight is 437 g/mol. The van der Waals surface area contributed by atoms with E-state index in [0.717, 1.165) is 6.42 Å². The van der Waals surface area contributed by atoms with Crippen LogP contribution in [0, 0.1) is 0 Å². The van der Waals surface area contributed by atoms with Crippen molar-refractivity contribution in [1.29, 1.82) is 0 Å². The lowest BCUT2D eigenvalue weighted by Gasteiger charge is -2.08. The number of hydrogen-bond acceptors (Lipinski definition) is 0. The summed E-state index contributed by atoms with van der Waals surface area (Å²) >= 11 is 0. The van der Waals surface area contributed by atoms with Gasteiger partial charge in [-0.25, -0.2) is 0 Å². The quantitative estimate of drug-likeness (QED) is 0.286. The molecule has 0 saturated carbocycles.